The molecule has 2 amide bonds. The Balaban J connectivity index is 1.30. The molecule has 5 rings (SSSR count). The number of nitrogens with zero attached hydrogens (tertiary/aromatic N) is 5. The standard InChI is InChI=1S/C34H44N8O3/c1-24(2)30-34(45-28-10-7-9-26(23-28)36-29(43)11-8-18-41-16-5-4-6-17-41)39-33(31(38-30)32(35)44)37-25-12-14-27(15-13-25)42-21-19-40(3)20-22-42/h7-15,23-24H,4-6,16-22H2,1-3H3,(H2,35,44)(H,36,43)(H,37,39)/b11-8+. The van der Waals surface area contributed by atoms with Crippen LogP contribution in [0.4, 0.5) is 22.9 Å². The van der Waals surface area contributed by atoms with E-state index in [9.17, 15) is 9.59 Å². The van der Waals surface area contributed by atoms with Gasteiger partial charge in [0.2, 0.25) is 11.8 Å². The number of anilines is 4. The van der Waals surface area contributed by atoms with Gasteiger partial charge >= 0.3 is 0 Å². The lowest BCUT2D eigenvalue weighted by molar-refractivity contribution is -0.111. The predicted octanol–water partition coefficient (Wildman–Crippen LogP) is 4.97. The fraction of sp³-hybridized carbons (Fsp3) is 0.412. The molecule has 45 heavy (non-hydrogen) atoms. The molecule has 2 saturated heterocycles. The van der Waals surface area contributed by atoms with Crippen molar-refractivity contribution in [2.45, 2.75) is 39.0 Å². The number of piperazine rings is 1. The van der Waals surface area contributed by atoms with Gasteiger partial charge in [-0.15, -0.1) is 0 Å². The highest BCUT2D eigenvalue weighted by atomic mass is 16.5. The molecule has 0 aliphatic carbocycles. The first-order chi connectivity index (χ1) is 21.7. The van der Waals surface area contributed by atoms with Crippen LogP contribution in [-0.4, -0.2) is 84.4 Å². The summed E-state index contributed by atoms with van der Waals surface area (Å²) in [5.41, 5.74) is 8.73. The number of nitrogens with two attached hydrogens (primary N) is 1. The third-order valence-corrected chi connectivity index (χ3v) is 8.07. The minimum atomic E-state index is -0.689. The number of primary amides is 1. The zero-order chi connectivity index (χ0) is 31.8. The Morgan fingerprint density at radius 1 is 0.956 bits per heavy atom. The number of carbonyl (C=O) groups excluding carboxylic acids is 2. The van der Waals surface area contributed by atoms with E-state index in [0.29, 0.717) is 17.1 Å². The highest BCUT2D eigenvalue weighted by Crippen LogP contribution is 2.32. The number of piperidine rings is 1. The molecule has 238 valence electrons. The van der Waals surface area contributed by atoms with E-state index >= 15 is 0 Å². The zero-order valence-electron chi connectivity index (χ0n) is 26.5. The summed E-state index contributed by atoms with van der Waals surface area (Å²) < 4.78 is 6.22. The van der Waals surface area contributed by atoms with Crippen LogP contribution >= 0.6 is 0 Å². The molecule has 0 radical (unpaired) electrons. The number of carbonyl (C=O) groups is 2. The second-order valence-electron chi connectivity index (χ2n) is 12.0. The first-order valence-electron chi connectivity index (χ1n) is 15.8. The van der Waals surface area contributed by atoms with Gasteiger partial charge in [-0.05, 0) is 69.4 Å². The van der Waals surface area contributed by atoms with Crippen molar-refractivity contribution < 1.29 is 14.3 Å². The molecule has 11 heteroatoms. The molecule has 11 nitrogen and oxygen atoms in total. The number of hydrogen-bond donors (Lipinski definition) is 3. The lowest BCUT2D eigenvalue weighted by atomic mass is 10.1. The van der Waals surface area contributed by atoms with Gasteiger partial charge in [0, 0.05) is 67.8 Å². The zero-order valence-corrected chi connectivity index (χ0v) is 26.5. The van der Waals surface area contributed by atoms with Crippen LogP contribution in [-0.2, 0) is 4.79 Å². The van der Waals surface area contributed by atoms with Crippen molar-refractivity contribution in [1.29, 1.82) is 0 Å². The summed E-state index contributed by atoms with van der Waals surface area (Å²) in [6.45, 7) is 10.8. The van der Waals surface area contributed by atoms with Crippen LogP contribution in [0.5, 0.6) is 11.6 Å². The molecule has 0 saturated carbocycles. The fourth-order valence-corrected chi connectivity index (χ4v) is 5.48. The van der Waals surface area contributed by atoms with E-state index in [1.807, 2.05) is 44.2 Å². The Morgan fingerprint density at radius 3 is 2.38 bits per heavy atom. The maximum absolute atomic E-state index is 12.6. The van der Waals surface area contributed by atoms with Crippen molar-refractivity contribution in [1.82, 2.24) is 19.8 Å². The van der Waals surface area contributed by atoms with Gasteiger partial charge in [0.15, 0.2) is 11.5 Å². The third kappa shape index (κ3) is 8.80. The molecule has 2 aliphatic rings. The average molecular weight is 613 g/mol. The van der Waals surface area contributed by atoms with Crippen molar-refractivity contribution in [2.75, 3.05) is 68.4 Å². The fourth-order valence-electron chi connectivity index (χ4n) is 5.48. The minimum Gasteiger partial charge on any atom is -0.437 e. The molecule has 0 atom stereocenters. The lowest BCUT2D eigenvalue weighted by Crippen LogP contribution is -2.44. The van der Waals surface area contributed by atoms with Gasteiger partial charge in [-0.2, -0.15) is 4.98 Å². The SMILES string of the molecule is CC(C)c1nc(C(N)=O)c(Nc2ccc(N3CCN(C)CC3)cc2)nc1Oc1cccc(NC(=O)/C=C/CN2CCCCC2)c1. The second-order valence-corrected chi connectivity index (χ2v) is 12.0. The predicted molar refractivity (Wildman–Crippen MR) is 179 cm³/mol. The van der Waals surface area contributed by atoms with Crippen LogP contribution in [0.15, 0.2) is 60.7 Å². The van der Waals surface area contributed by atoms with E-state index in [1.54, 1.807) is 30.3 Å². The molecule has 2 fully saturated rings. The summed E-state index contributed by atoms with van der Waals surface area (Å²) in [6, 6.07) is 15.1. The van der Waals surface area contributed by atoms with Gasteiger partial charge in [0.25, 0.3) is 5.91 Å². The molecule has 3 heterocycles. The minimum absolute atomic E-state index is 0.0338. The van der Waals surface area contributed by atoms with Gasteiger partial charge in [-0.3, -0.25) is 14.5 Å². The third-order valence-electron chi connectivity index (χ3n) is 8.07. The first-order valence-corrected chi connectivity index (χ1v) is 15.8. The van der Waals surface area contributed by atoms with Crippen LogP contribution in [0.25, 0.3) is 0 Å². The summed E-state index contributed by atoms with van der Waals surface area (Å²) in [4.78, 5) is 41.3. The summed E-state index contributed by atoms with van der Waals surface area (Å²) >= 11 is 0. The van der Waals surface area contributed by atoms with Crippen LogP contribution in [0, 0.1) is 0 Å². The Bertz CT molecular complexity index is 1490. The van der Waals surface area contributed by atoms with Crippen LogP contribution in [0.3, 0.4) is 0 Å². The van der Waals surface area contributed by atoms with Gasteiger partial charge in [-0.1, -0.05) is 32.4 Å². The molecular formula is C34H44N8O3. The number of rotatable bonds is 11. The van der Waals surface area contributed by atoms with Gasteiger partial charge < -0.3 is 30.9 Å². The molecular weight excluding hydrogens is 568 g/mol. The number of amides is 2. The Kier molecular flexibility index (Phi) is 10.6. The number of ether oxygens (including phenoxy) is 1. The lowest BCUT2D eigenvalue weighted by Gasteiger charge is -2.34. The van der Waals surface area contributed by atoms with Crippen molar-refractivity contribution in [2.24, 2.45) is 5.73 Å². The summed E-state index contributed by atoms with van der Waals surface area (Å²) in [5.74, 6) is -0.0756. The highest BCUT2D eigenvalue weighted by Gasteiger charge is 2.22. The maximum atomic E-state index is 12.6. The summed E-state index contributed by atoms with van der Waals surface area (Å²) in [7, 11) is 2.13. The van der Waals surface area contributed by atoms with E-state index in [2.05, 4.69) is 42.3 Å². The number of benzene rings is 2. The Labute approximate surface area is 265 Å². The number of aromatic nitrogens is 2. The van der Waals surface area contributed by atoms with E-state index in [0.717, 1.165) is 57.2 Å². The topological polar surface area (TPSA) is 129 Å². The maximum Gasteiger partial charge on any atom is 0.271 e. The van der Waals surface area contributed by atoms with Crippen molar-refractivity contribution >= 4 is 34.7 Å². The monoisotopic (exact) mass is 612 g/mol. The van der Waals surface area contributed by atoms with Crippen molar-refractivity contribution in [3.8, 4) is 11.6 Å². The second kappa shape index (κ2) is 15.0. The van der Waals surface area contributed by atoms with Crippen molar-refractivity contribution in [3.05, 3.63) is 72.1 Å². The molecule has 0 unspecified atom stereocenters. The largest absolute Gasteiger partial charge is 0.437 e. The Morgan fingerprint density at radius 2 is 1.69 bits per heavy atom. The first kappa shape index (κ1) is 31.9. The number of likely N-dealkylation sites (N-methyl/N-ethyl adjacent to an activating group) is 1. The molecule has 1 aromatic heterocycles. The molecule has 0 bridgehead atoms. The van der Waals surface area contributed by atoms with Crippen LogP contribution in [0.2, 0.25) is 0 Å². The van der Waals surface area contributed by atoms with Crippen LogP contribution in [0.1, 0.15) is 55.2 Å². The molecule has 2 aromatic carbocycles. The Hall–Kier alpha value is -4.48. The van der Waals surface area contributed by atoms with E-state index < -0.39 is 5.91 Å². The molecule has 2 aliphatic heterocycles. The summed E-state index contributed by atoms with van der Waals surface area (Å²) in [5, 5.41) is 6.12. The number of likely N-dealkylation sites (tertiary alicyclic amines) is 1. The summed E-state index contributed by atoms with van der Waals surface area (Å²) in [6.07, 6.45) is 7.18. The van der Waals surface area contributed by atoms with E-state index in [1.165, 1.54) is 19.3 Å². The quantitative estimate of drug-likeness (QED) is 0.257. The van der Waals surface area contributed by atoms with Crippen molar-refractivity contribution in [3.63, 3.8) is 0 Å². The van der Waals surface area contributed by atoms with Crippen LogP contribution < -0.4 is 26.0 Å². The normalized spacial score (nSPS) is 16.2. The van der Waals surface area contributed by atoms with Gasteiger partial charge in [0.1, 0.15) is 11.4 Å². The smallest absolute Gasteiger partial charge is 0.271 e. The number of nitrogens with one attached hydrogen (secondary N) is 2. The van der Waals surface area contributed by atoms with E-state index in [-0.39, 0.29) is 29.2 Å². The number of hydrogen-bond acceptors (Lipinski definition) is 9. The molecule has 3 aromatic rings. The highest BCUT2D eigenvalue weighted by molar-refractivity contribution is 5.99. The molecule has 4 N–H and O–H groups in total. The average Bonchev–Trinajstić information content (AvgIpc) is 3.02. The molecule has 0 spiro atoms. The van der Waals surface area contributed by atoms with E-state index in [4.69, 9.17) is 10.5 Å². The van der Waals surface area contributed by atoms with Gasteiger partial charge in [0.05, 0.1) is 0 Å². The van der Waals surface area contributed by atoms with Gasteiger partial charge in [-0.25, -0.2) is 4.98 Å².